The lowest BCUT2D eigenvalue weighted by Gasteiger charge is -2.35. The second kappa shape index (κ2) is 10.4. The highest BCUT2D eigenvalue weighted by atomic mass is 35.5. The van der Waals surface area contributed by atoms with Gasteiger partial charge in [0.2, 0.25) is 0 Å². The molecule has 4 rings (SSSR count). The predicted molar refractivity (Wildman–Crippen MR) is 130 cm³/mol. The van der Waals surface area contributed by atoms with Gasteiger partial charge in [-0.1, -0.05) is 35.9 Å². The van der Waals surface area contributed by atoms with Gasteiger partial charge in [-0.15, -0.1) is 0 Å². The summed E-state index contributed by atoms with van der Waals surface area (Å²) >= 11 is 6.08. The summed E-state index contributed by atoms with van der Waals surface area (Å²) in [5, 5.41) is 13.2. The summed E-state index contributed by atoms with van der Waals surface area (Å²) in [7, 11) is 1.69. The fourth-order valence-electron chi connectivity index (χ4n) is 4.67. The van der Waals surface area contributed by atoms with E-state index < -0.39 is 23.2 Å². The van der Waals surface area contributed by atoms with Crippen LogP contribution in [0.1, 0.15) is 47.4 Å². The third kappa shape index (κ3) is 4.66. The monoisotopic (exact) mass is 502 g/mol. The molecular weight excluding hydrogens is 475 g/mol. The first-order valence-corrected chi connectivity index (χ1v) is 11.9. The van der Waals surface area contributed by atoms with Crippen molar-refractivity contribution in [1.82, 2.24) is 9.88 Å². The highest BCUT2D eigenvalue weighted by Gasteiger charge is 2.43. The van der Waals surface area contributed by atoms with Crippen LogP contribution >= 0.6 is 11.6 Å². The summed E-state index contributed by atoms with van der Waals surface area (Å²) in [6, 6.07) is 10.9. The first-order valence-electron chi connectivity index (χ1n) is 11.5. The Bertz CT molecular complexity index is 1230. The number of amides is 1. The summed E-state index contributed by atoms with van der Waals surface area (Å²) in [6.07, 6.45) is 1.05. The lowest BCUT2D eigenvalue weighted by molar-refractivity contribution is -0.154. The first-order chi connectivity index (χ1) is 16.8. The molecule has 0 saturated carbocycles. The molecule has 2 N–H and O–H groups in total. The Balaban J connectivity index is 1.57. The van der Waals surface area contributed by atoms with Crippen LogP contribution in [0.2, 0.25) is 5.02 Å². The number of hydrogen-bond acceptors (Lipinski definition) is 5. The van der Waals surface area contributed by atoms with Crippen molar-refractivity contribution in [3.8, 4) is 0 Å². The Labute approximate surface area is 207 Å². The zero-order valence-electron chi connectivity index (χ0n) is 19.6. The highest BCUT2D eigenvalue weighted by molar-refractivity contribution is 6.35. The molecule has 0 bridgehead atoms. The van der Waals surface area contributed by atoms with Crippen molar-refractivity contribution in [1.29, 1.82) is 0 Å². The number of aromatic nitrogens is 1. The zero-order chi connectivity index (χ0) is 25.2. The Morgan fingerprint density at radius 2 is 1.91 bits per heavy atom. The molecule has 1 amide bonds. The number of benzene rings is 2. The Kier molecular flexibility index (Phi) is 7.44. The molecule has 1 aromatic heterocycles. The molecule has 0 radical (unpaired) electrons. The van der Waals surface area contributed by atoms with Gasteiger partial charge >= 0.3 is 5.97 Å². The number of carbonyl (C=O) groups is 2. The van der Waals surface area contributed by atoms with Gasteiger partial charge < -0.3 is 24.5 Å². The molecule has 1 aliphatic rings. The van der Waals surface area contributed by atoms with Crippen molar-refractivity contribution in [3.63, 3.8) is 0 Å². The van der Waals surface area contributed by atoms with Gasteiger partial charge in [-0.25, -0.2) is 4.39 Å². The molecule has 3 aromatic rings. The van der Waals surface area contributed by atoms with Gasteiger partial charge in [0, 0.05) is 25.6 Å². The van der Waals surface area contributed by atoms with Crippen molar-refractivity contribution in [2.45, 2.75) is 31.2 Å². The van der Waals surface area contributed by atoms with E-state index in [0.29, 0.717) is 49.1 Å². The van der Waals surface area contributed by atoms with Gasteiger partial charge in [0.25, 0.3) is 5.91 Å². The molecule has 2 heterocycles. The summed E-state index contributed by atoms with van der Waals surface area (Å²) < 4.78 is 26.3. The number of rotatable bonds is 7. The first kappa shape index (κ1) is 25.2. The lowest BCUT2D eigenvalue weighted by atomic mass is 9.74. The molecule has 9 heteroatoms. The van der Waals surface area contributed by atoms with E-state index in [1.165, 1.54) is 12.1 Å². The van der Waals surface area contributed by atoms with Crippen molar-refractivity contribution < 1.29 is 28.6 Å². The number of hydrogen-bond donors (Lipinski definition) is 2. The van der Waals surface area contributed by atoms with Crippen LogP contribution in [0.4, 0.5) is 4.39 Å². The third-order valence-electron chi connectivity index (χ3n) is 6.71. The lowest BCUT2D eigenvalue weighted by Crippen LogP contribution is -2.42. The molecule has 2 aromatic carbocycles. The van der Waals surface area contributed by atoms with E-state index in [1.54, 1.807) is 36.7 Å². The van der Waals surface area contributed by atoms with E-state index in [4.69, 9.17) is 21.1 Å². The SMILES string of the molecule is CCOC(=O)C1(c2ccc([C@@H](CO)NC(=O)c3cc4c(Cl)c(F)ccc4n3C)cc2)CCOCC1. The normalized spacial score (nSPS) is 16.1. The summed E-state index contributed by atoms with van der Waals surface area (Å²) in [5.74, 6) is -1.26. The van der Waals surface area contributed by atoms with Crippen LogP contribution in [0.3, 0.4) is 0 Å². The molecule has 0 unspecified atom stereocenters. The molecule has 186 valence electrons. The fraction of sp³-hybridized carbons (Fsp3) is 0.385. The summed E-state index contributed by atoms with van der Waals surface area (Å²) in [5.41, 5.74) is 1.62. The zero-order valence-corrected chi connectivity index (χ0v) is 20.4. The molecule has 35 heavy (non-hydrogen) atoms. The minimum Gasteiger partial charge on any atom is -0.465 e. The Morgan fingerprint density at radius 3 is 2.54 bits per heavy atom. The minimum absolute atomic E-state index is 0.0462. The van der Waals surface area contributed by atoms with Gasteiger partial charge in [0.05, 0.1) is 35.2 Å². The maximum atomic E-state index is 13.9. The highest BCUT2D eigenvalue weighted by Crippen LogP contribution is 2.37. The number of halogens is 2. The smallest absolute Gasteiger partial charge is 0.316 e. The van der Waals surface area contributed by atoms with Crippen LogP contribution in [0, 0.1) is 5.82 Å². The van der Waals surface area contributed by atoms with Crippen LogP contribution in [-0.2, 0) is 26.7 Å². The van der Waals surface area contributed by atoms with E-state index in [0.717, 1.165) is 5.56 Å². The average molecular weight is 503 g/mol. The van der Waals surface area contributed by atoms with Crippen LogP contribution in [0.25, 0.3) is 10.9 Å². The minimum atomic E-state index is -0.775. The number of nitrogens with zero attached hydrogens (tertiary/aromatic N) is 1. The van der Waals surface area contributed by atoms with Crippen LogP contribution in [0.5, 0.6) is 0 Å². The number of fused-ring (bicyclic) bond motifs is 1. The molecule has 0 aliphatic carbocycles. The summed E-state index contributed by atoms with van der Waals surface area (Å²) in [6.45, 7) is 2.68. The van der Waals surface area contributed by atoms with Crippen molar-refractivity contribution in [2.24, 2.45) is 7.05 Å². The second-order valence-electron chi connectivity index (χ2n) is 8.63. The molecule has 7 nitrogen and oxygen atoms in total. The average Bonchev–Trinajstić information content (AvgIpc) is 3.22. The largest absolute Gasteiger partial charge is 0.465 e. The number of ether oxygens (including phenoxy) is 2. The molecule has 0 spiro atoms. The van der Waals surface area contributed by atoms with Crippen molar-refractivity contribution in [3.05, 3.63) is 70.1 Å². The third-order valence-corrected chi connectivity index (χ3v) is 7.10. The quantitative estimate of drug-likeness (QED) is 0.476. The predicted octanol–water partition coefficient (Wildman–Crippen LogP) is 4.05. The molecule has 1 aliphatic heterocycles. The van der Waals surface area contributed by atoms with Crippen molar-refractivity contribution in [2.75, 3.05) is 26.4 Å². The van der Waals surface area contributed by atoms with E-state index in [9.17, 15) is 19.1 Å². The van der Waals surface area contributed by atoms with E-state index in [2.05, 4.69) is 5.32 Å². The van der Waals surface area contributed by atoms with Gasteiger partial charge in [0.1, 0.15) is 11.5 Å². The maximum Gasteiger partial charge on any atom is 0.316 e. The van der Waals surface area contributed by atoms with Gasteiger partial charge in [0.15, 0.2) is 0 Å². The summed E-state index contributed by atoms with van der Waals surface area (Å²) in [4.78, 5) is 25.9. The van der Waals surface area contributed by atoms with Crippen LogP contribution in [-0.4, -0.2) is 48.0 Å². The number of aliphatic hydroxyl groups excluding tert-OH is 1. The van der Waals surface area contributed by atoms with E-state index >= 15 is 0 Å². The van der Waals surface area contributed by atoms with Crippen molar-refractivity contribution >= 4 is 34.4 Å². The number of nitrogens with one attached hydrogen (secondary N) is 1. The van der Waals surface area contributed by atoms with Gasteiger partial charge in [-0.05, 0) is 49.1 Å². The topological polar surface area (TPSA) is 89.8 Å². The number of carbonyl (C=O) groups excluding carboxylic acids is 2. The standard InChI is InChI=1S/C26H28ClFN2O5/c1-3-35-25(33)26(10-12-34-13-11-26)17-6-4-16(5-7-17)20(15-31)29-24(32)22-14-18-21(30(22)2)9-8-19(28)23(18)27/h4-9,14,20,31H,3,10-13,15H2,1-2H3,(H,29,32)/t20-/m1/s1. The molecule has 1 atom stereocenters. The van der Waals surface area contributed by atoms with E-state index in [-0.39, 0.29) is 23.3 Å². The van der Waals surface area contributed by atoms with Gasteiger partial charge in [-0.3, -0.25) is 9.59 Å². The fourth-order valence-corrected chi connectivity index (χ4v) is 4.88. The van der Waals surface area contributed by atoms with Gasteiger partial charge in [-0.2, -0.15) is 0 Å². The Morgan fingerprint density at radius 1 is 1.23 bits per heavy atom. The number of aryl methyl sites for hydroxylation is 1. The maximum absolute atomic E-state index is 13.9. The Hall–Kier alpha value is -2.94. The number of esters is 1. The van der Waals surface area contributed by atoms with Crippen LogP contribution in [0.15, 0.2) is 42.5 Å². The molecule has 1 fully saturated rings. The second-order valence-corrected chi connectivity index (χ2v) is 9.01. The van der Waals surface area contributed by atoms with E-state index in [1.807, 2.05) is 12.1 Å². The molecule has 1 saturated heterocycles. The molecular formula is C26H28ClFN2O5. The number of aliphatic hydroxyl groups is 1. The van der Waals surface area contributed by atoms with Crippen LogP contribution < -0.4 is 5.32 Å².